The molecule has 1 heterocycles. The van der Waals surface area contributed by atoms with Gasteiger partial charge in [0.2, 0.25) is 15.9 Å². The molecule has 0 unspecified atom stereocenters. The molecule has 1 amide bonds. The van der Waals surface area contributed by atoms with Crippen LogP contribution in [0.25, 0.3) is 0 Å². The molecule has 0 saturated carbocycles. The molecule has 0 bridgehead atoms. The Morgan fingerprint density at radius 2 is 1.84 bits per heavy atom. The van der Waals surface area contributed by atoms with E-state index in [1.54, 1.807) is 24.5 Å². The SMILES string of the molecule is CS(=O)(=O)N(CCC(=O)Nc1ccc(F)c(F)c1)Cc1ccncc1. The van der Waals surface area contributed by atoms with Gasteiger partial charge >= 0.3 is 0 Å². The molecular formula is C16H17F2N3O3S. The van der Waals surface area contributed by atoms with Crippen LogP contribution in [0.2, 0.25) is 0 Å². The van der Waals surface area contributed by atoms with Crippen LogP contribution in [0.5, 0.6) is 0 Å². The molecule has 2 rings (SSSR count). The van der Waals surface area contributed by atoms with Crippen molar-refractivity contribution in [2.45, 2.75) is 13.0 Å². The van der Waals surface area contributed by atoms with E-state index in [1.165, 1.54) is 6.07 Å². The Balaban J connectivity index is 1.97. The van der Waals surface area contributed by atoms with Crippen LogP contribution in [0, 0.1) is 11.6 Å². The number of benzene rings is 1. The average Bonchev–Trinajstić information content (AvgIpc) is 2.55. The molecule has 1 aromatic heterocycles. The van der Waals surface area contributed by atoms with Gasteiger partial charge in [0.05, 0.1) is 6.26 Å². The lowest BCUT2D eigenvalue weighted by Crippen LogP contribution is -2.32. The molecule has 2 aromatic rings. The van der Waals surface area contributed by atoms with E-state index in [2.05, 4.69) is 10.3 Å². The van der Waals surface area contributed by atoms with Crippen molar-refractivity contribution in [3.63, 3.8) is 0 Å². The van der Waals surface area contributed by atoms with Crippen LogP contribution in [-0.4, -0.2) is 36.4 Å². The Hall–Kier alpha value is -2.39. The zero-order valence-corrected chi connectivity index (χ0v) is 14.3. The van der Waals surface area contributed by atoms with Gasteiger partial charge in [0, 0.05) is 43.7 Å². The number of nitrogens with zero attached hydrogens (tertiary/aromatic N) is 2. The first-order valence-electron chi connectivity index (χ1n) is 7.34. The second-order valence-corrected chi connectivity index (χ2v) is 7.36. The maximum atomic E-state index is 13.1. The molecule has 0 atom stereocenters. The first kappa shape index (κ1) is 18.9. The summed E-state index contributed by atoms with van der Waals surface area (Å²) < 4.78 is 50.9. The molecule has 0 saturated heterocycles. The number of sulfonamides is 1. The summed E-state index contributed by atoms with van der Waals surface area (Å²) in [5.41, 5.74) is 0.838. The number of carbonyl (C=O) groups is 1. The number of pyridine rings is 1. The van der Waals surface area contributed by atoms with E-state index >= 15 is 0 Å². The molecule has 6 nitrogen and oxygen atoms in total. The van der Waals surface area contributed by atoms with E-state index in [-0.39, 0.29) is 25.2 Å². The van der Waals surface area contributed by atoms with Gasteiger partial charge in [-0.25, -0.2) is 17.2 Å². The van der Waals surface area contributed by atoms with Gasteiger partial charge in [0.15, 0.2) is 11.6 Å². The topological polar surface area (TPSA) is 79.4 Å². The lowest BCUT2D eigenvalue weighted by Gasteiger charge is -2.19. The fourth-order valence-corrected chi connectivity index (χ4v) is 2.88. The van der Waals surface area contributed by atoms with Crippen LogP contribution >= 0.6 is 0 Å². The maximum Gasteiger partial charge on any atom is 0.225 e. The molecule has 1 N–H and O–H groups in total. The fraction of sp³-hybridized carbons (Fsp3) is 0.250. The molecule has 0 aliphatic heterocycles. The van der Waals surface area contributed by atoms with Gasteiger partial charge in [-0.15, -0.1) is 0 Å². The highest BCUT2D eigenvalue weighted by Crippen LogP contribution is 2.14. The molecule has 9 heteroatoms. The normalized spacial score (nSPS) is 11.5. The van der Waals surface area contributed by atoms with Crippen LogP contribution < -0.4 is 5.32 Å². The monoisotopic (exact) mass is 369 g/mol. The molecule has 0 spiro atoms. The minimum Gasteiger partial charge on any atom is -0.326 e. The Morgan fingerprint density at radius 3 is 2.44 bits per heavy atom. The third kappa shape index (κ3) is 5.87. The second-order valence-electron chi connectivity index (χ2n) is 5.38. The highest BCUT2D eigenvalue weighted by Gasteiger charge is 2.18. The zero-order chi connectivity index (χ0) is 18.4. The Bertz CT molecular complexity index is 845. The standard InChI is InChI=1S/C16H17F2N3O3S/c1-25(23,24)21(11-12-4-7-19-8-5-12)9-6-16(22)20-13-2-3-14(17)15(18)10-13/h2-5,7-8,10H,6,9,11H2,1H3,(H,20,22). The number of hydrogen-bond donors (Lipinski definition) is 1. The van der Waals surface area contributed by atoms with E-state index in [9.17, 15) is 22.0 Å². The summed E-state index contributed by atoms with van der Waals surface area (Å²) in [4.78, 5) is 15.8. The summed E-state index contributed by atoms with van der Waals surface area (Å²) in [5, 5.41) is 2.40. The second kappa shape index (κ2) is 8.13. The quantitative estimate of drug-likeness (QED) is 0.811. The molecule has 0 fully saturated rings. The van der Waals surface area contributed by atoms with Crippen LogP contribution in [0.3, 0.4) is 0 Å². The highest BCUT2D eigenvalue weighted by atomic mass is 32.2. The number of rotatable bonds is 7. The van der Waals surface area contributed by atoms with Gasteiger partial charge in [0.25, 0.3) is 0 Å². The highest BCUT2D eigenvalue weighted by molar-refractivity contribution is 7.88. The fourth-order valence-electron chi connectivity index (χ4n) is 2.08. The molecular weight excluding hydrogens is 352 g/mol. The Morgan fingerprint density at radius 1 is 1.16 bits per heavy atom. The van der Waals surface area contributed by atoms with Crippen molar-refractivity contribution in [1.29, 1.82) is 0 Å². The van der Waals surface area contributed by atoms with E-state index < -0.39 is 27.6 Å². The molecule has 0 aliphatic rings. The van der Waals surface area contributed by atoms with Gasteiger partial charge in [-0.1, -0.05) is 0 Å². The van der Waals surface area contributed by atoms with Crippen molar-refractivity contribution in [2.24, 2.45) is 0 Å². The summed E-state index contributed by atoms with van der Waals surface area (Å²) in [5.74, 6) is -2.60. The predicted molar refractivity (Wildman–Crippen MR) is 89.1 cm³/mol. The maximum absolute atomic E-state index is 13.1. The van der Waals surface area contributed by atoms with Crippen LogP contribution in [0.15, 0.2) is 42.7 Å². The van der Waals surface area contributed by atoms with Gasteiger partial charge < -0.3 is 5.32 Å². The van der Waals surface area contributed by atoms with E-state index in [0.717, 1.165) is 28.3 Å². The minimum absolute atomic E-state index is 0.0450. The number of nitrogens with one attached hydrogen (secondary N) is 1. The van der Waals surface area contributed by atoms with Crippen LogP contribution in [0.1, 0.15) is 12.0 Å². The van der Waals surface area contributed by atoms with Crippen molar-refractivity contribution in [3.05, 3.63) is 59.9 Å². The summed E-state index contributed by atoms with van der Waals surface area (Å²) in [6.45, 7) is 0.0659. The first-order chi connectivity index (χ1) is 11.8. The van der Waals surface area contributed by atoms with Crippen molar-refractivity contribution >= 4 is 21.6 Å². The van der Waals surface area contributed by atoms with Gasteiger partial charge in [-0.2, -0.15) is 4.31 Å². The van der Waals surface area contributed by atoms with Gasteiger partial charge in [0.1, 0.15) is 0 Å². The number of carbonyl (C=O) groups excluding carboxylic acids is 1. The van der Waals surface area contributed by atoms with E-state index in [4.69, 9.17) is 0 Å². The predicted octanol–water partition coefficient (Wildman–Crippen LogP) is 2.15. The number of hydrogen-bond acceptors (Lipinski definition) is 4. The number of aromatic nitrogens is 1. The zero-order valence-electron chi connectivity index (χ0n) is 13.4. The summed E-state index contributed by atoms with van der Waals surface area (Å²) in [6, 6.07) is 6.34. The average molecular weight is 369 g/mol. The summed E-state index contributed by atoms with van der Waals surface area (Å²) >= 11 is 0. The summed E-state index contributed by atoms with van der Waals surface area (Å²) in [7, 11) is -3.52. The van der Waals surface area contributed by atoms with Crippen molar-refractivity contribution in [2.75, 3.05) is 18.1 Å². The third-order valence-corrected chi connectivity index (χ3v) is 4.62. The first-order valence-corrected chi connectivity index (χ1v) is 9.19. The molecule has 1 aromatic carbocycles. The van der Waals surface area contributed by atoms with Crippen LogP contribution in [0.4, 0.5) is 14.5 Å². The number of halogens is 2. The lowest BCUT2D eigenvalue weighted by molar-refractivity contribution is -0.116. The largest absolute Gasteiger partial charge is 0.326 e. The van der Waals surface area contributed by atoms with Crippen molar-refractivity contribution in [3.8, 4) is 0 Å². The van der Waals surface area contributed by atoms with E-state index in [1.807, 2.05) is 0 Å². The van der Waals surface area contributed by atoms with Gasteiger partial charge in [-0.3, -0.25) is 9.78 Å². The van der Waals surface area contributed by atoms with Crippen molar-refractivity contribution < 1.29 is 22.0 Å². The number of amides is 1. The van der Waals surface area contributed by atoms with E-state index in [0.29, 0.717) is 0 Å². The van der Waals surface area contributed by atoms with Crippen molar-refractivity contribution in [1.82, 2.24) is 9.29 Å². The lowest BCUT2D eigenvalue weighted by atomic mass is 10.2. The minimum atomic E-state index is -3.52. The van der Waals surface area contributed by atoms with Crippen LogP contribution in [-0.2, 0) is 21.4 Å². The van der Waals surface area contributed by atoms with Gasteiger partial charge in [-0.05, 0) is 29.8 Å². The molecule has 0 radical (unpaired) electrons. The molecule has 134 valence electrons. The third-order valence-electron chi connectivity index (χ3n) is 3.37. The Kier molecular flexibility index (Phi) is 6.16. The molecule has 25 heavy (non-hydrogen) atoms. The molecule has 0 aliphatic carbocycles. The smallest absolute Gasteiger partial charge is 0.225 e. The number of anilines is 1. The Labute approximate surface area is 144 Å². The summed E-state index contributed by atoms with van der Waals surface area (Å²) in [6.07, 6.45) is 4.02.